The summed E-state index contributed by atoms with van der Waals surface area (Å²) in [5.74, 6) is -0.384. The first kappa shape index (κ1) is 11.3. The number of rotatable bonds is 1. The number of alkyl halides is 1. The summed E-state index contributed by atoms with van der Waals surface area (Å²) in [6.45, 7) is 1.71. The zero-order valence-electron chi connectivity index (χ0n) is 8.64. The lowest BCUT2D eigenvalue weighted by Crippen LogP contribution is -2.41. The molecule has 1 aliphatic carbocycles. The minimum atomic E-state index is -1.34. The number of ketones is 1. The maximum absolute atomic E-state index is 11.8. The molecule has 0 saturated carbocycles. The molecule has 0 saturated heterocycles. The average Bonchev–Trinajstić information content (AvgIpc) is 2.26. The van der Waals surface area contributed by atoms with E-state index in [1.54, 1.807) is 31.2 Å². The number of hydrogen-bond acceptors (Lipinski definition) is 3. The number of nitro groups is 1. The van der Waals surface area contributed by atoms with E-state index in [1.165, 1.54) is 0 Å². The Balaban J connectivity index is 2.69. The third kappa shape index (κ3) is 1.38. The minimum absolute atomic E-state index is 0.0278. The van der Waals surface area contributed by atoms with Gasteiger partial charge in [-0.15, -0.1) is 0 Å². The van der Waals surface area contributed by atoms with Crippen molar-refractivity contribution in [2.75, 3.05) is 0 Å². The molecule has 0 amide bonds. The lowest BCUT2D eigenvalue weighted by atomic mass is 9.80. The second-order valence-electron chi connectivity index (χ2n) is 4.00. The molecule has 1 aliphatic rings. The van der Waals surface area contributed by atoms with Crippen LogP contribution in [0.4, 0.5) is 0 Å². The predicted molar refractivity (Wildman–Crippen MR) is 62.2 cm³/mol. The normalized spacial score (nSPS) is 28.6. The number of hydrogen-bond donors (Lipinski definition) is 0. The van der Waals surface area contributed by atoms with E-state index in [-0.39, 0.29) is 23.0 Å². The van der Waals surface area contributed by atoms with Crippen LogP contribution in [0.3, 0.4) is 0 Å². The third-order valence-electron chi connectivity index (χ3n) is 3.02. The van der Waals surface area contributed by atoms with Crippen LogP contribution >= 0.6 is 15.9 Å². The molecule has 0 fully saturated rings. The highest BCUT2D eigenvalue weighted by atomic mass is 79.9. The topological polar surface area (TPSA) is 60.2 Å². The molecule has 0 aliphatic heterocycles. The lowest BCUT2D eigenvalue weighted by molar-refractivity contribution is -0.553. The van der Waals surface area contributed by atoms with Crippen molar-refractivity contribution >= 4 is 21.7 Å². The van der Waals surface area contributed by atoms with Gasteiger partial charge in [0.15, 0.2) is 5.78 Å². The van der Waals surface area contributed by atoms with Crippen molar-refractivity contribution in [2.45, 2.75) is 17.8 Å². The third-order valence-corrected chi connectivity index (χ3v) is 4.51. The van der Waals surface area contributed by atoms with Crippen LogP contribution in [-0.2, 0) is 4.45 Å². The van der Waals surface area contributed by atoms with Gasteiger partial charge in [0.25, 0.3) is 0 Å². The van der Waals surface area contributed by atoms with Gasteiger partial charge < -0.3 is 0 Å². The molecule has 16 heavy (non-hydrogen) atoms. The molecular formula is C11H10BrNO3. The number of benzene rings is 1. The maximum Gasteiger partial charge on any atom is 0.303 e. The van der Waals surface area contributed by atoms with E-state index in [4.69, 9.17) is 0 Å². The van der Waals surface area contributed by atoms with E-state index in [1.807, 2.05) is 0 Å². The van der Waals surface area contributed by atoms with Crippen molar-refractivity contribution < 1.29 is 9.72 Å². The van der Waals surface area contributed by atoms with Crippen LogP contribution in [-0.4, -0.2) is 10.7 Å². The molecule has 1 aromatic rings. The van der Waals surface area contributed by atoms with Gasteiger partial charge in [-0.3, -0.25) is 14.9 Å². The SMILES string of the molecule is CC1CC(=O)c2ccccc2C1(Br)[N+](=O)[O-]. The Kier molecular flexibility index (Phi) is 2.58. The first-order valence-corrected chi connectivity index (χ1v) is 5.73. The summed E-state index contributed by atoms with van der Waals surface area (Å²) in [5, 5.41) is 11.2. The molecule has 1 aromatic carbocycles. The fraction of sp³-hybridized carbons (Fsp3) is 0.364. The van der Waals surface area contributed by atoms with Gasteiger partial charge in [0.05, 0.1) is 5.56 Å². The Morgan fingerprint density at radius 2 is 2.12 bits per heavy atom. The van der Waals surface area contributed by atoms with Gasteiger partial charge in [-0.1, -0.05) is 31.2 Å². The van der Waals surface area contributed by atoms with Crippen LogP contribution in [0.25, 0.3) is 0 Å². The summed E-state index contributed by atoms with van der Waals surface area (Å²) in [6.07, 6.45) is 0.198. The summed E-state index contributed by atoms with van der Waals surface area (Å²) in [6, 6.07) is 6.72. The van der Waals surface area contributed by atoms with Crippen LogP contribution < -0.4 is 0 Å². The number of carbonyl (C=O) groups excluding carboxylic acids is 1. The Bertz CT molecular complexity index is 474. The Labute approximate surface area is 101 Å². The van der Waals surface area contributed by atoms with Crippen LogP contribution in [0.5, 0.6) is 0 Å². The molecule has 0 spiro atoms. The fourth-order valence-corrected chi connectivity index (χ4v) is 2.61. The van der Waals surface area contributed by atoms with Gasteiger partial charge in [-0.25, -0.2) is 0 Å². The van der Waals surface area contributed by atoms with E-state index in [2.05, 4.69) is 15.9 Å². The molecule has 0 bridgehead atoms. The van der Waals surface area contributed by atoms with Crippen LogP contribution in [0, 0.1) is 16.0 Å². The van der Waals surface area contributed by atoms with Gasteiger partial charge in [-0.2, -0.15) is 0 Å². The highest BCUT2D eigenvalue weighted by Crippen LogP contribution is 2.46. The van der Waals surface area contributed by atoms with Crippen molar-refractivity contribution in [3.8, 4) is 0 Å². The van der Waals surface area contributed by atoms with E-state index in [0.29, 0.717) is 11.1 Å². The van der Waals surface area contributed by atoms with Gasteiger partial charge in [0.1, 0.15) is 0 Å². The highest BCUT2D eigenvalue weighted by Gasteiger charge is 2.53. The molecule has 0 heterocycles. The second kappa shape index (κ2) is 3.66. The quantitative estimate of drug-likeness (QED) is 0.345. The fourth-order valence-electron chi connectivity index (χ4n) is 2.10. The Morgan fingerprint density at radius 1 is 1.50 bits per heavy atom. The predicted octanol–water partition coefficient (Wildman–Crippen LogP) is 2.73. The molecule has 2 rings (SSSR count). The molecular weight excluding hydrogens is 274 g/mol. The summed E-state index contributed by atoms with van der Waals surface area (Å²) < 4.78 is -1.34. The van der Waals surface area contributed by atoms with Gasteiger partial charge in [0.2, 0.25) is 0 Å². The number of carbonyl (C=O) groups is 1. The zero-order valence-corrected chi connectivity index (χ0v) is 10.2. The maximum atomic E-state index is 11.8. The van der Waals surface area contributed by atoms with Gasteiger partial charge in [0, 0.05) is 38.8 Å². The molecule has 4 nitrogen and oxygen atoms in total. The molecule has 0 aromatic heterocycles. The summed E-state index contributed by atoms with van der Waals surface area (Å²) >= 11 is 3.20. The van der Waals surface area contributed by atoms with E-state index in [0.717, 1.165) is 0 Å². The second-order valence-corrected chi connectivity index (χ2v) is 5.21. The molecule has 5 heteroatoms. The van der Waals surface area contributed by atoms with Crippen molar-refractivity contribution in [1.82, 2.24) is 0 Å². The number of fused-ring (bicyclic) bond motifs is 1. The van der Waals surface area contributed by atoms with Gasteiger partial charge >= 0.3 is 4.45 Å². The molecule has 84 valence electrons. The van der Waals surface area contributed by atoms with Crippen LogP contribution in [0.1, 0.15) is 29.3 Å². The molecule has 0 N–H and O–H groups in total. The van der Waals surface area contributed by atoms with Crippen molar-refractivity contribution in [3.05, 3.63) is 45.5 Å². The standard InChI is InChI=1S/C11H10BrNO3/c1-7-6-10(14)8-4-2-3-5-9(8)11(7,12)13(15)16/h2-5,7H,6H2,1H3. The monoisotopic (exact) mass is 283 g/mol. The largest absolute Gasteiger partial charge is 0.303 e. The Hall–Kier alpha value is -1.23. The zero-order chi connectivity index (χ0) is 11.9. The number of halogens is 1. The molecule has 2 unspecified atom stereocenters. The molecule has 0 radical (unpaired) electrons. The summed E-state index contributed by atoms with van der Waals surface area (Å²) in [5.41, 5.74) is 0.915. The van der Waals surface area contributed by atoms with Crippen LogP contribution in [0.2, 0.25) is 0 Å². The summed E-state index contributed by atoms with van der Waals surface area (Å²) in [7, 11) is 0. The lowest BCUT2D eigenvalue weighted by Gasteiger charge is -2.31. The van der Waals surface area contributed by atoms with Crippen molar-refractivity contribution in [2.24, 2.45) is 5.92 Å². The first-order valence-electron chi connectivity index (χ1n) is 4.94. The number of nitrogens with zero attached hydrogens (tertiary/aromatic N) is 1. The van der Waals surface area contributed by atoms with Crippen LogP contribution in [0.15, 0.2) is 24.3 Å². The highest BCUT2D eigenvalue weighted by molar-refractivity contribution is 9.09. The minimum Gasteiger partial charge on any atom is -0.294 e. The number of Topliss-reactive ketones (excluding diaryl/α,β-unsaturated/α-hetero) is 1. The first-order chi connectivity index (χ1) is 7.48. The van der Waals surface area contributed by atoms with Crippen molar-refractivity contribution in [1.29, 1.82) is 0 Å². The smallest absolute Gasteiger partial charge is 0.294 e. The molecule has 2 atom stereocenters. The Morgan fingerprint density at radius 3 is 2.75 bits per heavy atom. The van der Waals surface area contributed by atoms with E-state index in [9.17, 15) is 14.9 Å². The van der Waals surface area contributed by atoms with E-state index >= 15 is 0 Å². The summed E-state index contributed by atoms with van der Waals surface area (Å²) in [4.78, 5) is 22.6. The van der Waals surface area contributed by atoms with Gasteiger partial charge in [-0.05, 0) is 0 Å². The van der Waals surface area contributed by atoms with E-state index < -0.39 is 4.45 Å². The van der Waals surface area contributed by atoms with Crippen molar-refractivity contribution in [3.63, 3.8) is 0 Å². The average molecular weight is 284 g/mol.